The highest BCUT2D eigenvalue weighted by Gasteiger charge is 2.21. The van der Waals surface area contributed by atoms with E-state index in [4.69, 9.17) is 4.74 Å². The zero-order valence-corrected chi connectivity index (χ0v) is 17.7. The van der Waals surface area contributed by atoms with Crippen molar-refractivity contribution in [2.45, 2.75) is 26.8 Å². The van der Waals surface area contributed by atoms with Crippen molar-refractivity contribution < 1.29 is 18.7 Å². The molecule has 7 heteroatoms. The summed E-state index contributed by atoms with van der Waals surface area (Å²) in [7, 11) is 0. The molecule has 0 aliphatic carbocycles. The molecule has 5 nitrogen and oxygen atoms in total. The molecule has 1 amide bonds. The van der Waals surface area contributed by atoms with Crippen molar-refractivity contribution in [2.75, 3.05) is 13.2 Å². The lowest BCUT2D eigenvalue weighted by Crippen LogP contribution is -2.32. The van der Waals surface area contributed by atoms with Gasteiger partial charge in [-0.3, -0.25) is 14.6 Å². The highest BCUT2D eigenvalue weighted by molar-refractivity contribution is 7.17. The molecule has 2 heterocycles. The topological polar surface area (TPSA) is 59.5 Å². The second-order valence-corrected chi connectivity index (χ2v) is 7.82. The van der Waals surface area contributed by atoms with E-state index in [2.05, 4.69) is 4.98 Å². The number of hydrogen-bond donors (Lipinski definition) is 0. The number of rotatable bonds is 8. The fraction of sp³-hybridized carbons (Fsp3) is 0.261. The second kappa shape index (κ2) is 10.1. The highest BCUT2D eigenvalue weighted by atomic mass is 32.1. The maximum atomic E-state index is 13.3. The third kappa shape index (κ3) is 5.51. The molecule has 0 aliphatic rings. The van der Waals surface area contributed by atoms with Crippen LogP contribution in [0.5, 0.6) is 0 Å². The summed E-state index contributed by atoms with van der Waals surface area (Å²) < 4.78 is 18.3. The van der Waals surface area contributed by atoms with Gasteiger partial charge in [-0.05, 0) is 54.8 Å². The molecule has 1 aromatic carbocycles. The Hall–Kier alpha value is -3.06. The number of pyridine rings is 1. The number of carbonyl (C=O) groups excluding carboxylic acids is 2. The van der Waals surface area contributed by atoms with Gasteiger partial charge < -0.3 is 9.64 Å². The van der Waals surface area contributed by atoms with Gasteiger partial charge in [-0.25, -0.2) is 4.39 Å². The average Bonchev–Trinajstić information content (AvgIpc) is 3.13. The average molecular weight is 427 g/mol. The molecule has 0 aliphatic heterocycles. The molecule has 3 aromatic rings. The predicted molar refractivity (Wildman–Crippen MR) is 115 cm³/mol. The summed E-state index contributed by atoms with van der Waals surface area (Å²) in [6.07, 6.45) is 3.50. The summed E-state index contributed by atoms with van der Waals surface area (Å²) in [6, 6.07) is 11.8. The van der Waals surface area contributed by atoms with Crippen molar-refractivity contribution in [2.24, 2.45) is 0 Å². The number of amides is 1. The Bertz CT molecular complexity index is 1000. The van der Waals surface area contributed by atoms with E-state index in [1.165, 1.54) is 23.5 Å². The lowest BCUT2D eigenvalue weighted by molar-refractivity contribution is -0.143. The van der Waals surface area contributed by atoms with Crippen molar-refractivity contribution >= 4 is 23.2 Å². The van der Waals surface area contributed by atoms with Gasteiger partial charge in [-0.15, -0.1) is 11.3 Å². The van der Waals surface area contributed by atoms with E-state index in [-0.39, 0.29) is 30.7 Å². The first-order valence-corrected chi connectivity index (χ1v) is 10.5. The molecular weight excluding hydrogens is 403 g/mol. The minimum atomic E-state index is -0.337. The molecule has 3 rings (SSSR count). The highest BCUT2D eigenvalue weighted by Crippen LogP contribution is 2.33. The van der Waals surface area contributed by atoms with Gasteiger partial charge in [-0.1, -0.05) is 18.2 Å². The standard InChI is InChI=1S/C23H23FN2O3S/c1-3-29-21(27)10-12-26(15-17-5-4-11-25-14-17)23(28)20-13-16(2)22(30-20)18-6-8-19(24)9-7-18/h4-9,11,13-14H,3,10,12,15H2,1-2H3. The first-order valence-electron chi connectivity index (χ1n) is 9.68. The number of benzene rings is 1. The van der Waals surface area contributed by atoms with Gasteiger partial charge in [-0.2, -0.15) is 0 Å². The first-order chi connectivity index (χ1) is 14.5. The summed E-state index contributed by atoms with van der Waals surface area (Å²) >= 11 is 1.36. The Morgan fingerprint density at radius 1 is 1.20 bits per heavy atom. The Morgan fingerprint density at radius 3 is 2.63 bits per heavy atom. The SMILES string of the molecule is CCOC(=O)CCN(Cc1cccnc1)C(=O)c1cc(C)c(-c2ccc(F)cc2)s1. The monoisotopic (exact) mass is 426 g/mol. The van der Waals surface area contributed by atoms with Crippen LogP contribution in [0.1, 0.15) is 34.1 Å². The Balaban J connectivity index is 1.83. The van der Waals surface area contributed by atoms with E-state index in [9.17, 15) is 14.0 Å². The molecule has 0 bridgehead atoms. The second-order valence-electron chi connectivity index (χ2n) is 6.77. The number of halogens is 1. The van der Waals surface area contributed by atoms with Gasteiger partial charge >= 0.3 is 5.97 Å². The molecule has 0 radical (unpaired) electrons. The van der Waals surface area contributed by atoms with Crippen molar-refractivity contribution in [1.29, 1.82) is 0 Å². The maximum Gasteiger partial charge on any atom is 0.307 e. The van der Waals surface area contributed by atoms with E-state index < -0.39 is 0 Å². The van der Waals surface area contributed by atoms with Crippen LogP contribution in [-0.2, 0) is 16.1 Å². The van der Waals surface area contributed by atoms with Gasteiger partial charge in [0.15, 0.2) is 0 Å². The van der Waals surface area contributed by atoms with Crippen LogP contribution in [0.25, 0.3) is 10.4 Å². The van der Waals surface area contributed by atoms with Gasteiger partial charge in [0.25, 0.3) is 5.91 Å². The molecular formula is C23H23FN2O3S. The third-order valence-electron chi connectivity index (χ3n) is 4.51. The van der Waals surface area contributed by atoms with E-state index in [0.717, 1.165) is 21.6 Å². The van der Waals surface area contributed by atoms with Crippen LogP contribution >= 0.6 is 11.3 Å². The number of ether oxygens (including phenoxy) is 1. The van der Waals surface area contributed by atoms with Gasteiger partial charge in [0, 0.05) is 30.4 Å². The number of thiophene rings is 1. The van der Waals surface area contributed by atoms with E-state index in [1.54, 1.807) is 36.4 Å². The Morgan fingerprint density at radius 2 is 1.97 bits per heavy atom. The number of nitrogens with zero attached hydrogens (tertiary/aromatic N) is 2. The van der Waals surface area contributed by atoms with Crippen LogP contribution in [0.4, 0.5) is 4.39 Å². The molecule has 0 saturated heterocycles. The van der Waals surface area contributed by atoms with Gasteiger partial charge in [0.05, 0.1) is 17.9 Å². The van der Waals surface area contributed by atoms with Crippen LogP contribution in [0.15, 0.2) is 54.9 Å². The van der Waals surface area contributed by atoms with Crippen LogP contribution in [0, 0.1) is 12.7 Å². The van der Waals surface area contributed by atoms with Crippen LogP contribution < -0.4 is 0 Å². The summed E-state index contributed by atoms with van der Waals surface area (Å²) in [4.78, 5) is 32.3. The zero-order chi connectivity index (χ0) is 21.5. The fourth-order valence-corrected chi connectivity index (χ4v) is 4.20. The molecule has 0 N–H and O–H groups in total. The molecule has 0 unspecified atom stereocenters. The summed E-state index contributed by atoms with van der Waals surface area (Å²) in [5.74, 6) is -0.800. The van der Waals surface area contributed by atoms with E-state index >= 15 is 0 Å². The van der Waals surface area contributed by atoms with Crippen LogP contribution in [0.2, 0.25) is 0 Å². The molecule has 156 valence electrons. The number of esters is 1. The van der Waals surface area contributed by atoms with E-state index in [0.29, 0.717) is 18.0 Å². The summed E-state index contributed by atoms with van der Waals surface area (Å²) in [5.41, 5.74) is 2.69. The smallest absolute Gasteiger partial charge is 0.307 e. The van der Waals surface area contributed by atoms with Gasteiger partial charge in [0.1, 0.15) is 5.82 Å². The van der Waals surface area contributed by atoms with E-state index in [1.807, 2.05) is 25.1 Å². The van der Waals surface area contributed by atoms with Crippen molar-refractivity contribution in [3.8, 4) is 10.4 Å². The van der Waals surface area contributed by atoms with Crippen LogP contribution in [-0.4, -0.2) is 34.9 Å². The molecule has 0 fully saturated rings. The van der Waals surface area contributed by atoms with Crippen molar-refractivity contribution in [3.05, 3.63) is 76.7 Å². The maximum absolute atomic E-state index is 13.3. The minimum absolute atomic E-state index is 0.120. The lowest BCUT2D eigenvalue weighted by atomic mass is 10.1. The molecule has 0 atom stereocenters. The number of carbonyl (C=O) groups is 2. The summed E-state index contributed by atoms with van der Waals surface area (Å²) in [5, 5.41) is 0. The Kier molecular flexibility index (Phi) is 7.30. The molecule has 0 saturated carbocycles. The van der Waals surface area contributed by atoms with Crippen molar-refractivity contribution in [1.82, 2.24) is 9.88 Å². The molecule has 0 spiro atoms. The largest absolute Gasteiger partial charge is 0.466 e. The Labute approximate surface area is 179 Å². The normalized spacial score (nSPS) is 10.6. The third-order valence-corrected chi connectivity index (χ3v) is 5.78. The summed E-state index contributed by atoms with van der Waals surface area (Å²) in [6.45, 7) is 4.57. The molecule has 2 aromatic heterocycles. The number of aromatic nitrogens is 1. The first kappa shape index (κ1) is 21.6. The quantitative estimate of drug-likeness (QED) is 0.483. The zero-order valence-electron chi connectivity index (χ0n) is 16.9. The number of hydrogen-bond acceptors (Lipinski definition) is 5. The van der Waals surface area contributed by atoms with Crippen molar-refractivity contribution in [3.63, 3.8) is 0 Å². The molecule has 30 heavy (non-hydrogen) atoms. The fourth-order valence-electron chi connectivity index (χ4n) is 3.06. The number of aryl methyl sites for hydroxylation is 1. The predicted octanol–water partition coefficient (Wildman–Crippen LogP) is 4.85. The lowest BCUT2D eigenvalue weighted by Gasteiger charge is -2.21. The minimum Gasteiger partial charge on any atom is -0.466 e. The van der Waals surface area contributed by atoms with Gasteiger partial charge in [0.2, 0.25) is 0 Å². The van der Waals surface area contributed by atoms with Crippen LogP contribution in [0.3, 0.4) is 0 Å².